The van der Waals surface area contributed by atoms with Gasteiger partial charge in [-0.1, -0.05) is 61.2 Å². The van der Waals surface area contributed by atoms with Gasteiger partial charge in [-0.2, -0.15) is 0 Å². The van der Waals surface area contributed by atoms with Gasteiger partial charge in [-0.25, -0.2) is 0 Å². The molecule has 1 atom stereocenters. The number of likely N-dealkylation sites (tertiary alicyclic amines) is 1. The Morgan fingerprint density at radius 2 is 1.84 bits per heavy atom. The van der Waals surface area contributed by atoms with Crippen molar-refractivity contribution < 1.29 is 14.9 Å². The topological polar surface area (TPSA) is 65.0 Å². The summed E-state index contributed by atoms with van der Waals surface area (Å²) in [6.07, 6.45) is 12.6. The minimum absolute atomic E-state index is 0.143. The molecule has 2 saturated heterocycles. The molecule has 2 aliphatic rings. The largest absolute Gasteiger partial charge is 0.508 e. The molecule has 3 N–H and O–H groups in total. The van der Waals surface area contributed by atoms with Crippen LogP contribution in [0.15, 0.2) is 91.2 Å². The van der Waals surface area contributed by atoms with Crippen LogP contribution in [0.2, 0.25) is 0 Å². The van der Waals surface area contributed by atoms with E-state index < -0.39 is 0 Å². The van der Waals surface area contributed by atoms with E-state index in [-0.39, 0.29) is 12.4 Å². The van der Waals surface area contributed by atoms with Crippen LogP contribution >= 0.6 is 0 Å². The average molecular weight is 515 g/mol. The van der Waals surface area contributed by atoms with Crippen LogP contribution in [0.3, 0.4) is 0 Å². The molecule has 0 aromatic heterocycles. The maximum atomic E-state index is 9.86. The van der Waals surface area contributed by atoms with E-state index >= 15 is 0 Å². The number of allylic oxidation sites excluding steroid dienone is 6. The van der Waals surface area contributed by atoms with Crippen molar-refractivity contribution in [2.45, 2.75) is 32.1 Å². The first-order chi connectivity index (χ1) is 18.6. The summed E-state index contributed by atoms with van der Waals surface area (Å²) in [6.45, 7) is 10.2. The Morgan fingerprint density at radius 3 is 2.55 bits per heavy atom. The van der Waals surface area contributed by atoms with Gasteiger partial charge in [-0.05, 0) is 97.2 Å². The zero-order chi connectivity index (χ0) is 26.6. The maximum absolute atomic E-state index is 9.86. The number of hydrogen-bond donors (Lipinski definition) is 3. The van der Waals surface area contributed by atoms with Crippen LogP contribution in [-0.4, -0.2) is 61.1 Å². The van der Waals surface area contributed by atoms with E-state index in [2.05, 4.69) is 35.0 Å². The van der Waals surface area contributed by atoms with E-state index in [9.17, 15) is 10.2 Å². The highest BCUT2D eigenvalue weighted by atomic mass is 16.5. The number of phenols is 1. The number of nitrogens with zero attached hydrogens (tertiary/aromatic N) is 1. The van der Waals surface area contributed by atoms with E-state index in [1.807, 2.05) is 42.5 Å². The first-order valence-corrected chi connectivity index (χ1v) is 13.9. The van der Waals surface area contributed by atoms with Crippen LogP contribution in [0.1, 0.15) is 43.2 Å². The third kappa shape index (κ3) is 7.70. The average Bonchev–Trinajstić information content (AvgIpc) is 3.57. The van der Waals surface area contributed by atoms with Gasteiger partial charge in [0.05, 0.1) is 0 Å². The zero-order valence-corrected chi connectivity index (χ0v) is 22.4. The Labute approximate surface area is 227 Å². The normalized spacial score (nSPS) is 20.8. The molecular weight excluding hydrogens is 472 g/mol. The molecule has 4 rings (SSSR count). The summed E-state index contributed by atoms with van der Waals surface area (Å²) >= 11 is 0. The lowest BCUT2D eigenvalue weighted by molar-refractivity contribution is 0.171. The van der Waals surface area contributed by atoms with Gasteiger partial charge in [-0.3, -0.25) is 4.90 Å². The molecule has 0 bridgehead atoms. The number of hydrogen-bond acceptors (Lipinski definition) is 5. The number of phenolic OH excluding ortho intramolecular Hbond substituents is 1. The molecule has 2 aromatic rings. The Balaban J connectivity index is 1.46. The van der Waals surface area contributed by atoms with Crippen molar-refractivity contribution in [2.24, 2.45) is 5.41 Å². The lowest BCUT2D eigenvalue weighted by Crippen LogP contribution is -2.31. The van der Waals surface area contributed by atoms with Crippen LogP contribution in [-0.2, 0) is 4.74 Å². The van der Waals surface area contributed by atoms with Gasteiger partial charge >= 0.3 is 0 Å². The number of ether oxygens (including phenoxy) is 1. The van der Waals surface area contributed by atoms with Crippen molar-refractivity contribution in [2.75, 3.05) is 45.9 Å². The second kappa shape index (κ2) is 14.1. The van der Waals surface area contributed by atoms with E-state index in [0.717, 1.165) is 56.0 Å². The zero-order valence-electron chi connectivity index (χ0n) is 22.4. The SMILES string of the molecule is C=C/C=C(\C=C/C/C(=C(/CCCO)c1ccccc1)c1ccc(O)cc1)OCCN1CCC2(CCNC2)C1. The molecule has 2 aromatic carbocycles. The Morgan fingerprint density at radius 1 is 1.05 bits per heavy atom. The van der Waals surface area contributed by atoms with Crippen molar-refractivity contribution in [3.8, 4) is 5.75 Å². The van der Waals surface area contributed by atoms with Gasteiger partial charge in [0.1, 0.15) is 18.1 Å². The molecule has 5 heteroatoms. The van der Waals surface area contributed by atoms with Crippen molar-refractivity contribution in [1.29, 1.82) is 0 Å². The third-order valence-electron chi connectivity index (χ3n) is 7.70. The predicted molar refractivity (Wildman–Crippen MR) is 157 cm³/mol. The smallest absolute Gasteiger partial charge is 0.119 e. The highest BCUT2D eigenvalue weighted by molar-refractivity contribution is 5.91. The first-order valence-electron chi connectivity index (χ1n) is 13.9. The minimum Gasteiger partial charge on any atom is -0.508 e. The lowest BCUT2D eigenvalue weighted by Gasteiger charge is -2.22. The van der Waals surface area contributed by atoms with E-state index in [1.54, 1.807) is 18.2 Å². The van der Waals surface area contributed by atoms with Gasteiger partial charge in [0.25, 0.3) is 0 Å². The number of nitrogens with one attached hydrogen (secondary N) is 1. The molecule has 38 heavy (non-hydrogen) atoms. The summed E-state index contributed by atoms with van der Waals surface area (Å²) in [6, 6.07) is 17.7. The van der Waals surface area contributed by atoms with Crippen LogP contribution in [0.5, 0.6) is 5.75 Å². The summed E-state index contributed by atoms with van der Waals surface area (Å²) in [5, 5.41) is 23.0. The number of rotatable bonds is 13. The van der Waals surface area contributed by atoms with E-state index in [0.29, 0.717) is 24.9 Å². The van der Waals surface area contributed by atoms with Crippen molar-refractivity contribution in [1.82, 2.24) is 10.2 Å². The molecule has 0 aliphatic carbocycles. The minimum atomic E-state index is 0.143. The molecule has 0 amide bonds. The number of benzene rings is 2. The van der Waals surface area contributed by atoms with Gasteiger partial charge in [0, 0.05) is 26.2 Å². The molecule has 2 heterocycles. The van der Waals surface area contributed by atoms with Crippen molar-refractivity contribution in [3.05, 3.63) is 102 Å². The fourth-order valence-electron chi connectivity index (χ4n) is 5.66. The fraction of sp³-hybridized carbons (Fsp3) is 0.394. The summed E-state index contributed by atoms with van der Waals surface area (Å²) in [7, 11) is 0. The molecule has 1 unspecified atom stereocenters. The molecule has 202 valence electrons. The number of aliphatic hydroxyl groups excluding tert-OH is 1. The Kier molecular flexibility index (Phi) is 10.4. The molecule has 2 fully saturated rings. The monoisotopic (exact) mass is 514 g/mol. The van der Waals surface area contributed by atoms with Gasteiger partial charge in [0.15, 0.2) is 0 Å². The van der Waals surface area contributed by atoms with Crippen LogP contribution in [0, 0.1) is 5.41 Å². The van der Waals surface area contributed by atoms with Crippen LogP contribution in [0.25, 0.3) is 11.1 Å². The maximum Gasteiger partial charge on any atom is 0.119 e. The standard InChI is InChI=1S/C33H42N2O3/c1-2-8-30(38-24-22-35-21-19-33(26-35)18-20-34-25-33)11-6-12-31(28-14-16-29(37)17-15-28)32(13-7-23-36)27-9-4-3-5-10-27/h2-6,8-11,14-17,34,36-37H,1,7,12-13,18-26H2/b11-6-,30-8+,32-31+. The van der Waals surface area contributed by atoms with Crippen molar-refractivity contribution in [3.63, 3.8) is 0 Å². The lowest BCUT2D eigenvalue weighted by atomic mass is 9.87. The van der Waals surface area contributed by atoms with Gasteiger partial charge < -0.3 is 20.3 Å². The number of aromatic hydroxyl groups is 1. The van der Waals surface area contributed by atoms with E-state index in [1.165, 1.54) is 24.0 Å². The second-order valence-electron chi connectivity index (χ2n) is 10.4. The Hall–Kier alpha value is -3.12. The molecule has 1 spiro atoms. The quantitative estimate of drug-likeness (QED) is 0.179. The highest BCUT2D eigenvalue weighted by Crippen LogP contribution is 2.36. The molecule has 0 radical (unpaired) electrons. The summed E-state index contributed by atoms with van der Waals surface area (Å²) in [4.78, 5) is 2.53. The molecule has 5 nitrogen and oxygen atoms in total. The third-order valence-corrected chi connectivity index (χ3v) is 7.70. The van der Waals surface area contributed by atoms with Crippen LogP contribution in [0.4, 0.5) is 0 Å². The summed E-state index contributed by atoms with van der Waals surface area (Å²) in [5.74, 6) is 1.05. The predicted octanol–water partition coefficient (Wildman–Crippen LogP) is 5.79. The summed E-state index contributed by atoms with van der Waals surface area (Å²) in [5.41, 5.74) is 5.06. The molecule has 2 aliphatic heterocycles. The molecular formula is C33H42N2O3. The van der Waals surface area contributed by atoms with Crippen molar-refractivity contribution >= 4 is 11.1 Å². The Bertz CT molecular complexity index is 1110. The highest BCUT2D eigenvalue weighted by Gasteiger charge is 2.39. The fourth-order valence-corrected chi connectivity index (χ4v) is 5.66. The van der Waals surface area contributed by atoms with Crippen LogP contribution < -0.4 is 5.32 Å². The summed E-state index contributed by atoms with van der Waals surface area (Å²) < 4.78 is 6.17. The first kappa shape index (κ1) is 27.9. The van der Waals surface area contributed by atoms with E-state index in [4.69, 9.17) is 4.74 Å². The van der Waals surface area contributed by atoms with Gasteiger partial charge in [-0.15, -0.1) is 0 Å². The second-order valence-corrected chi connectivity index (χ2v) is 10.4. The number of aliphatic hydroxyl groups is 1. The molecule has 0 saturated carbocycles. The van der Waals surface area contributed by atoms with Gasteiger partial charge in [0.2, 0.25) is 0 Å².